The fraction of sp³-hybridized carbons (Fsp3) is 0.333. The van der Waals surface area contributed by atoms with Gasteiger partial charge in [0.15, 0.2) is 0 Å². The van der Waals surface area contributed by atoms with Gasteiger partial charge >= 0.3 is 5.97 Å². The largest absolute Gasteiger partial charge is 0.478 e. The van der Waals surface area contributed by atoms with E-state index in [0.717, 1.165) is 0 Å². The summed E-state index contributed by atoms with van der Waals surface area (Å²) in [5, 5.41) is 18.8. The average Bonchev–Trinajstić information content (AvgIpc) is 2.51. The number of nitrogens with zero attached hydrogens (tertiary/aromatic N) is 4. The van der Waals surface area contributed by atoms with E-state index in [-0.39, 0.29) is 5.57 Å². The van der Waals surface area contributed by atoms with Crippen LogP contribution >= 0.6 is 0 Å². The van der Waals surface area contributed by atoms with Gasteiger partial charge in [0.1, 0.15) is 6.33 Å². The van der Waals surface area contributed by atoms with Crippen LogP contribution in [0.25, 0.3) is 0 Å². The van der Waals surface area contributed by atoms with Crippen molar-refractivity contribution in [1.29, 1.82) is 0 Å². The first-order valence-electron chi connectivity index (χ1n) is 3.32. The number of aliphatic carboxylic acids is 1. The Balaban J connectivity index is 2.37. The van der Waals surface area contributed by atoms with Gasteiger partial charge in [-0.25, -0.2) is 9.48 Å². The first-order valence-corrected chi connectivity index (χ1v) is 3.32. The summed E-state index contributed by atoms with van der Waals surface area (Å²) in [4.78, 5) is 10.3. The molecule has 0 saturated heterocycles. The molecule has 6 heteroatoms. The van der Waals surface area contributed by atoms with Gasteiger partial charge in [-0.3, -0.25) is 0 Å². The molecule has 0 aliphatic carbocycles. The lowest BCUT2D eigenvalue weighted by Crippen LogP contribution is -2.05. The van der Waals surface area contributed by atoms with Gasteiger partial charge in [-0.15, -0.1) is 5.10 Å². The minimum absolute atomic E-state index is 0.158. The molecule has 0 spiro atoms. The number of carboxylic acid groups (broad SMARTS) is 1. The smallest absolute Gasteiger partial charge is 0.331 e. The molecule has 12 heavy (non-hydrogen) atoms. The average molecular weight is 168 g/mol. The third-order valence-corrected chi connectivity index (χ3v) is 1.34. The Bertz CT molecular complexity index is 280. The highest BCUT2D eigenvalue weighted by Crippen LogP contribution is 1.98. The second-order valence-electron chi connectivity index (χ2n) is 2.23. The molecule has 0 aromatic carbocycles. The number of aromatic nitrogens is 4. The number of carbonyl (C=O) groups is 1. The van der Waals surface area contributed by atoms with Crippen LogP contribution in [0.4, 0.5) is 0 Å². The summed E-state index contributed by atoms with van der Waals surface area (Å²) in [7, 11) is 0. The van der Waals surface area contributed by atoms with E-state index < -0.39 is 5.97 Å². The molecule has 0 aliphatic rings. The molecular weight excluding hydrogens is 160 g/mol. The van der Waals surface area contributed by atoms with Crippen molar-refractivity contribution in [2.45, 2.75) is 13.0 Å². The third kappa shape index (κ3) is 2.15. The van der Waals surface area contributed by atoms with Crippen LogP contribution in [-0.2, 0) is 11.3 Å². The Labute approximate surface area is 68.5 Å². The van der Waals surface area contributed by atoms with Gasteiger partial charge in [0.05, 0.1) is 0 Å². The summed E-state index contributed by atoms with van der Waals surface area (Å²) in [5.41, 5.74) is 0.158. The molecule has 6 nitrogen and oxygen atoms in total. The summed E-state index contributed by atoms with van der Waals surface area (Å²) in [6.07, 6.45) is 1.77. The monoisotopic (exact) mass is 168 g/mol. The van der Waals surface area contributed by atoms with Crippen molar-refractivity contribution in [2.75, 3.05) is 0 Å². The van der Waals surface area contributed by atoms with Crippen LogP contribution in [0.1, 0.15) is 6.42 Å². The van der Waals surface area contributed by atoms with Gasteiger partial charge in [0, 0.05) is 12.1 Å². The van der Waals surface area contributed by atoms with E-state index in [4.69, 9.17) is 5.11 Å². The lowest BCUT2D eigenvalue weighted by molar-refractivity contribution is -0.132. The van der Waals surface area contributed by atoms with Crippen LogP contribution in [0, 0.1) is 0 Å². The molecular formula is C6H8N4O2. The summed E-state index contributed by atoms with van der Waals surface area (Å²) >= 11 is 0. The van der Waals surface area contributed by atoms with E-state index in [1.54, 1.807) is 0 Å². The zero-order valence-corrected chi connectivity index (χ0v) is 6.34. The van der Waals surface area contributed by atoms with Gasteiger partial charge in [0.25, 0.3) is 0 Å². The Hall–Kier alpha value is -1.72. The fourth-order valence-electron chi connectivity index (χ4n) is 0.639. The standard InChI is InChI=1S/C6H8N4O2/c1-5(6(11)12)2-3-10-4-7-8-9-10/h4H,1-3H2,(H,11,12). The van der Waals surface area contributed by atoms with Crippen molar-refractivity contribution in [2.24, 2.45) is 0 Å². The van der Waals surface area contributed by atoms with Gasteiger partial charge in [0.2, 0.25) is 0 Å². The molecule has 0 fully saturated rings. The Kier molecular flexibility index (Phi) is 2.52. The molecule has 0 radical (unpaired) electrons. The molecule has 0 bridgehead atoms. The molecule has 0 unspecified atom stereocenters. The zero-order valence-electron chi connectivity index (χ0n) is 6.34. The number of rotatable bonds is 4. The molecule has 0 amide bonds. The lowest BCUT2D eigenvalue weighted by atomic mass is 10.2. The fourth-order valence-corrected chi connectivity index (χ4v) is 0.639. The minimum atomic E-state index is -0.983. The topological polar surface area (TPSA) is 80.9 Å². The minimum Gasteiger partial charge on any atom is -0.478 e. The Morgan fingerprint density at radius 1 is 1.67 bits per heavy atom. The molecule has 0 saturated carbocycles. The first kappa shape index (κ1) is 8.38. The molecule has 0 aliphatic heterocycles. The van der Waals surface area contributed by atoms with Crippen LogP contribution in [0.2, 0.25) is 0 Å². The van der Waals surface area contributed by atoms with Gasteiger partial charge in [-0.2, -0.15) is 0 Å². The molecule has 0 atom stereocenters. The zero-order chi connectivity index (χ0) is 8.97. The maximum atomic E-state index is 10.3. The van der Waals surface area contributed by atoms with Crippen molar-refractivity contribution < 1.29 is 9.90 Å². The van der Waals surface area contributed by atoms with Gasteiger partial charge in [-0.1, -0.05) is 6.58 Å². The van der Waals surface area contributed by atoms with E-state index in [0.29, 0.717) is 13.0 Å². The lowest BCUT2D eigenvalue weighted by Gasteiger charge is -1.98. The third-order valence-electron chi connectivity index (χ3n) is 1.34. The van der Waals surface area contributed by atoms with Crippen LogP contribution in [0.15, 0.2) is 18.5 Å². The predicted molar refractivity (Wildman–Crippen MR) is 39.2 cm³/mol. The quantitative estimate of drug-likeness (QED) is 0.624. The summed E-state index contributed by atoms with van der Waals surface area (Å²) in [6, 6.07) is 0. The highest BCUT2D eigenvalue weighted by Gasteiger charge is 2.03. The van der Waals surface area contributed by atoms with Crippen LogP contribution in [-0.4, -0.2) is 31.3 Å². The number of aryl methyl sites for hydroxylation is 1. The molecule has 64 valence electrons. The summed E-state index contributed by atoms with van der Waals surface area (Å²) in [6.45, 7) is 3.81. The summed E-state index contributed by atoms with van der Waals surface area (Å²) < 4.78 is 1.45. The van der Waals surface area contributed by atoms with Crippen molar-refractivity contribution in [3.8, 4) is 0 Å². The van der Waals surface area contributed by atoms with E-state index in [9.17, 15) is 4.79 Å². The number of hydrogen-bond acceptors (Lipinski definition) is 4. The van der Waals surface area contributed by atoms with Crippen LogP contribution in [0.3, 0.4) is 0 Å². The van der Waals surface area contributed by atoms with Crippen molar-refractivity contribution >= 4 is 5.97 Å². The normalized spacial score (nSPS) is 9.67. The molecule has 1 aromatic rings. The number of hydrogen-bond donors (Lipinski definition) is 1. The second kappa shape index (κ2) is 3.61. The highest BCUT2D eigenvalue weighted by molar-refractivity contribution is 5.85. The Morgan fingerprint density at radius 3 is 2.92 bits per heavy atom. The van der Waals surface area contributed by atoms with Crippen molar-refractivity contribution in [1.82, 2.24) is 20.2 Å². The van der Waals surface area contributed by atoms with E-state index in [1.807, 2.05) is 0 Å². The van der Waals surface area contributed by atoms with E-state index in [1.165, 1.54) is 11.0 Å². The molecule has 1 aromatic heterocycles. The summed E-state index contributed by atoms with van der Waals surface area (Å²) in [5.74, 6) is -0.983. The van der Waals surface area contributed by atoms with Crippen LogP contribution in [0.5, 0.6) is 0 Å². The number of tetrazole rings is 1. The Morgan fingerprint density at radius 2 is 2.42 bits per heavy atom. The highest BCUT2D eigenvalue weighted by atomic mass is 16.4. The van der Waals surface area contributed by atoms with Crippen LogP contribution < -0.4 is 0 Å². The molecule has 1 N–H and O–H groups in total. The first-order chi connectivity index (χ1) is 5.70. The number of carboxylic acids is 1. The maximum absolute atomic E-state index is 10.3. The molecule has 1 heterocycles. The second-order valence-corrected chi connectivity index (χ2v) is 2.23. The molecule has 1 rings (SSSR count). The maximum Gasteiger partial charge on any atom is 0.331 e. The van der Waals surface area contributed by atoms with Crippen molar-refractivity contribution in [3.05, 3.63) is 18.5 Å². The van der Waals surface area contributed by atoms with E-state index in [2.05, 4.69) is 22.1 Å². The SMILES string of the molecule is C=C(CCn1cnnn1)C(=O)O. The van der Waals surface area contributed by atoms with E-state index >= 15 is 0 Å². The van der Waals surface area contributed by atoms with Crippen molar-refractivity contribution in [3.63, 3.8) is 0 Å². The predicted octanol–water partition coefficient (Wildman–Crippen LogP) is -0.296. The van der Waals surface area contributed by atoms with Gasteiger partial charge < -0.3 is 5.11 Å². The van der Waals surface area contributed by atoms with Gasteiger partial charge in [-0.05, 0) is 16.8 Å².